The second kappa shape index (κ2) is 7.64. The summed E-state index contributed by atoms with van der Waals surface area (Å²) in [5, 5.41) is 0.558. The summed E-state index contributed by atoms with van der Waals surface area (Å²) in [6.07, 6.45) is 0.813. The number of carbonyl (C=O) groups is 2. The first kappa shape index (κ1) is 18.5. The van der Waals surface area contributed by atoms with E-state index in [9.17, 15) is 9.59 Å². The van der Waals surface area contributed by atoms with E-state index in [1.54, 1.807) is 36.1 Å². The van der Waals surface area contributed by atoms with E-state index in [2.05, 4.69) is 0 Å². The lowest BCUT2D eigenvalue weighted by Gasteiger charge is -2.18. The van der Waals surface area contributed by atoms with Gasteiger partial charge in [0.15, 0.2) is 11.5 Å². The van der Waals surface area contributed by atoms with Crippen molar-refractivity contribution >= 4 is 29.0 Å². The van der Waals surface area contributed by atoms with Crippen LogP contribution in [0.15, 0.2) is 65.1 Å². The molecule has 1 unspecified atom stereocenters. The van der Waals surface area contributed by atoms with Crippen LogP contribution in [0.4, 0.5) is 5.69 Å². The first-order valence-electron chi connectivity index (χ1n) is 9.27. The molecule has 1 amide bonds. The number of fused-ring (bicyclic) bond motifs is 1. The minimum absolute atomic E-state index is 0.0650. The van der Waals surface area contributed by atoms with Crippen LogP contribution < -0.4 is 4.90 Å². The lowest BCUT2D eigenvalue weighted by Crippen LogP contribution is -2.31. The van der Waals surface area contributed by atoms with Crippen molar-refractivity contribution in [2.45, 2.75) is 25.7 Å². The van der Waals surface area contributed by atoms with Crippen LogP contribution in [0.1, 0.15) is 39.8 Å². The van der Waals surface area contributed by atoms with Crippen molar-refractivity contribution in [2.75, 3.05) is 11.4 Å². The zero-order valence-corrected chi connectivity index (χ0v) is 16.3. The van der Waals surface area contributed by atoms with Crippen LogP contribution in [0.2, 0.25) is 5.02 Å². The highest BCUT2D eigenvalue weighted by molar-refractivity contribution is 6.31. The fourth-order valence-electron chi connectivity index (χ4n) is 3.67. The minimum Gasteiger partial charge on any atom is -0.458 e. The maximum absolute atomic E-state index is 13.2. The molecule has 142 valence electrons. The molecule has 2 aromatic carbocycles. The summed E-state index contributed by atoms with van der Waals surface area (Å²) in [7, 11) is 0. The Hall–Kier alpha value is -2.85. The van der Waals surface area contributed by atoms with Gasteiger partial charge in [-0.25, -0.2) is 0 Å². The van der Waals surface area contributed by atoms with Crippen LogP contribution in [0.3, 0.4) is 0 Å². The number of amides is 1. The fraction of sp³-hybridized carbons (Fsp3) is 0.217. The summed E-state index contributed by atoms with van der Waals surface area (Å²) in [6.45, 7) is 2.35. The molecule has 3 aromatic rings. The van der Waals surface area contributed by atoms with Crippen LogP contribution in [-0.4, -0.2) is 18.2 Å². The maximum Gasteiger partial charge on any atom is 0.235 e. The lowest BCUT2D eigenvalue weighted by atomic mass is 9.94. The Morgan fingerprint density at radius 3 is 2.61 bits per heavy atom. The molecule has 4 rings (SSSR count). The molecule has 5 heteroatoms. The molecule has 0 saturated heterocycles. The Morgan fingerprint density at radius 1 is 1.11 bits per heavy atom. The zero-order valence-electron chi connectivity index (χ0n) is 15.5. The number of hydrogen-bond donors (Lipinski definition) is 0. The smallest absolute Gasteiger partial charge is 0.235 e. The van der Waals surface area contributed by atoms with Crippen molar-refractivity contribution in [1.29, 1.82) is 0 Å². The number of rotatable bonds is 6. The SMILES string of the molecule is Cc1ccc(C(=O)CC2C(=O)N(CCc3ccccc3)c3ccc(Cl)cc32)o1. The van der Waals surface area contributed by atoms with Gasteiger partial charge < -0.3 is 9.32 Å². The molecule has 0 fully saturated rings. The van der Waals surface area contributed by atoms with Crippen LogP contribution in [-0.2, 0) is 11.2 Å². The average molecular weight is 394 g/mol. The minimum atomic E-state index is -0.539. The Kier molecular flexibility index (Phi) is 5.05. The molecule has 2 heterocycles. The Morgan fingerprint density at radius 2 is 1.89 bits per heavy atom. The third kappa shape index (κ3) is 3.60. The number of ketones is 1. The molecule has 4 nitrogen and oxygen atoms in total. The van der Waals surface area contributed by atoms with Gasteiger partial charge in [0.1, 0.15) is 5.76 Å². The molecule has 0 spiro atoms. The van der Waals surface area contributed by atoms with Gasteiger partial charge in [0.05, 0.1) is 5.92 Å². The molecular formula is C23H20ClNO3. The van der Waals surface area contributed by atoms with Gasteiger partial charge in [-0.3, -0.25) is 9.59 Å². The highest BCUT2D eigenvalue weighted by atomic mass is 35.5. The molecule has 28 heavy (non-hydrogen) atoms. The molecule has 0 radical (unpaired) electrons. The van der Waals surface area contributed by atoms with Gasteiger partial charge in [-0.2, -0.15) is 0 Å². The number of carbonyl (C=O) groups excluding carboxylic acids is 2. The van der Waals surface area contributed by atoms with E-state index in [0.717, 1.165) is 23.2 Å². The fourth-order valence-corrected chi connectivity index (χ4v) is 3.85. The van der Waals surface area contributed by atoms with Crippen molar-refractivity contribution in [3.63, 3.8) is 0 Å². The molecule has 1 atom stereocenters. The van der Waals surface area contributed by atoms with Gasteiger partial charge >= 0.3 is 0 Å². The number of aryl methyl sites for hydroxylation is 1. The molecule has 1 aromatic heterocycles. The Bertz CT molecular complexity index is 1030. The highest BCUT2D eigenvalue weighted by Gasteiger charge is 2.38. The number of anilines is 1. The predicted octanol–water partition coefficient (Wildman–Crippen LogP) is 5.19. The summed E-state index contributed by atoms with van der Waals surface area (Å²) in [4.78, 5) is 27.6. The Labute approximate surface area is 168 Å². The molecule has 1 aliphatic heterocycles. The van der Waals surface area contributed by atoms with Crippen LogP contribution >= 0.6 is 11.6 Å². The molecule has 0 aliphatic carbocycles. The summed E-state index contributed by atoms with van der Waals surface area (Å²) >= 11 is 6.18. The zero-order chi connectivity index (χ0) is 19.7. The number of benzene rings is 2. The molecular weight excluding hydrogens is 374 g/mol. The summed E-state index contributed by atoms with van der Waals surface area (Å²) < 4.78 is 5.43. The van der Waals surface area contributed by atoms with E-state index in [4.69, 9.17) is 16.0 Å². The summed E-state index contributed by atoms with van der Waals surface area (Å²) in [6, 6.07) is 18.9. The van der Waals surface area contributed by atoms with Crippen LogP contribution in [0.5, 0.6) is 0 Å². The second-order valence-corrected chi connectivity index (χ2v) is 7.46. The Balaban J connectivity index is 1.58. The number of nitrogens with zero attached hydrogens (tertiary/aromatic N) is 1. The summed E-state index contributed by atoms with van der Waals surface area (Å²) in [5.74, 6) is 0.181. The largest absolute Gasteiger partial charge is 0.458 e. The van der Waals surface area contributed by atoms with E-state index < -0.39 is 5.92 Å². The standard InChI is InChI=1S/C23H20ClNO3/c1-15-7-10-22(28-15)21(26)14-19-18-13-17(24)8-9-20(18)25(23(19)27)12-11-16-5-3-2-4-6-16/h2-10,13,19H,11-12,14H2,1H3. The van der Waals surface area contributed by atoms with Crippen molar-refractivity contribution in [2.24, 2.45) is 0 Å². The van der Waals surface area contributed by atoms with Crippen molar-refractivity contribution < 1.29 is 14.0 Å². The summed E-state index contributed by atoms with van der Waals surface area (Å²) in [5.41, 5.74) is 2.80. The molecule has 0 N–H and O–H groups in total. The van der Waals surface area contributed by atoms with Crippen LogP contribution in [0.25, 0.3) is 0 Å². The van der Waals surface area contributed by atoms with Gasteiger partial charge in [0, 0.05) is 23.7 Å². The van der Waals surface area contributed by atoms with Gasteiger partial charge in [-0.1, -0.05) is 41.9 Å². The maximum atomic E-state index is 13.2. The normalized spacial score (nSPS) is 15.7. The van der Waals surface area contributed by atoms with E-state index in [1.807, 2.05) is 36.4 Å². The highest BCUT2D eigenvalue weighted by Crippen LogP contribution is 2.41. The number of hydrogen-bond acceptors (Lipinski definition) is 3. The number of Topliss-reactive ketones (excluding diaryl/α,β-unsaturated/α-hetero) is 1. The van der Waals surface area contributed by atoms with E-state index in [-0.39, 0.29) is 23.9 Å². The monoisotopic (exact) mass is 393 g/mol. The third-order valence-electron chi connectivity index (χ3n) is 5.09. The number of furan rings is 1. The van der Waals surface area contributed by atoms with E-state index in [0.29, 0.717) is 17.3 Å². The van der Waals surface area contributed by atoms with Crippen LogP contribution in [0, 0.1) is 6.92 Å². The van der Waals surface area contributed by atoms with E-state index in [1.165, 1.54) is 0 Å². The van der Waals surface area contributed by atoms with Crippen molar-refractivity contribution in [1.82, 2.24) is 0 Å². The topological polar surface area (TPSA) is 50.5 Å². The van der Waals surface area contributed by atoms with Gasteiger partial charge in [0.2, 0.25) is 5.91 Å². The lowest BCUT2D eigenvalue weighted by molar-refractivity contribution is -0.119. The number of halogens is 1. The van der Waals surface area contributed by atoms with Gasteiger partial charge in [-0.15, -0.1) is 0 Å². The van der Waals surface area contributed by atoms with Gasteiger partial charge in [0.25, 0.3) is 0 Å². The first-order chi connectivity index (χ1) is 13.5. The molecule has 0 bridgehead atoms. The average Bonchev–Trinajstić information content (AvgIpc) is 3.23. The second-order valence-electron chi connectivity index (χ2n) is 7.02. The predicted molar refractivity (Wildman–Crippen MR) is 109 cm³/mol. The van der Waals surface area contributed by atoms with Crippen molar-refractivity contribution in [3.8, 4) is 0 Å². The quantitative estimate of drug-likeness (QED) is 0.541. The third-order valence-corrected chi connectivity index (χ3v) is 5.33. The van der Waals surface area contributed by atoms with Crippen molar-refractivity contribution in [3.05, 3.63) is 88.3 Å². The first-order valence-corrected chi connectivity index (χ1v) is 9.65. The van der Waals surface area contributed by atoms with E-state index >= 15 is 0 Å². The van der Waals surface area contributed by atoms with Gasteiger partial charge in [-0.05, 0) is 54.8 Å². The molecule has 1 aliphatic rings. The molecule has 0 saturated carbocycles.